The summed E-state index contributed by atoms with van der Waals surface area (Å²) in [5, 5.41) is 2.94. The lowest BCUT2D eigenvalue weighted by atomic mass is 10.2. The van der Waals surface area contributed by atoms with Crippen molar-refractivity contribution in [2.24, 2.45) is 0 Å². The summed E-state index contributed by atoms with van der Waals surface area (Å²) in [6.07, 6.45) is 1.67. The van der Waals surface area contributed by atoms with E-state index in [9.17, 15) is 12.8 Å². The molecule has 0 saturated heterocycles. The highest BCUT2D eigenvalue weighted by Crippen LogP contribution is 2.25. The Morgan fingerprint density at radius 1 is 1.39 bits per heavy atom. The van der Waals surface area contributed by atoms with Gasteiger partial charge in [0.15, 0.2) is 0 Å². The van der Waals surface area contributed by atoms with Gasteiger partial charge >= 0.3 is 0 Å². The van der Waals surface area contributed by atoms with Crippen molar-refractivity contribution < 1.29 is 12.8 Å². The zero-order valence-electron chi connectivity index (χ0n) is 9.83. The predicted octanol–water partition coefficient (Wildman–Crippen LogP) is 1.41. The molecule has 0 amide bonds. The maximum absolute atomic E-state index is 13.0. The Kier molecular flexibility index (Phi) is 5.18. The van der Waals surface area contributed by atoms with E-state index in [0.29, 0.717) is 25.2 Å². The molecule has 0 radical (unpaired) electrons. The fraction of sp³-hybridized carbons (Fsp3) is 0.400. The SMILES string of the molecule is CS(=O)(=O)NCCCNc1cc(Cl)c(F)cc1N. The predicted molar refractivity (Wildman–Crippen MR) is 71.8 cm³/mol. The van der Waals surface area contributed by atoms with Crippen LogP contribution in [0, 0.1) is 5.82 Å². The summed E-state index contributed by atoms with van der Waals surface area (Å²) in [4.78, 5) is 0. The Bertz CT molecular complexity index is 522. The quantitative estimate of drug-likeness (QED) is 0.547. The molecule has 0 atom stereocenters. The Morgan fingerprint density at radius 3 is 2.67 bits per heavy atom. The van der Waals surface area contributed by atoms with Gasteiger partial charge in [-0.15, -0.1) is 0 Å². The highest BCUT2D eigenvalue weighted by atomic mass is 35.5. The molecule has 4 N–H and O–H groups in total. The average molecular weight is 296 g/mol. The highest BCUT2D eigenvalue weighted by Gasteiger charge is 2.05. The molecular formula is C10H15ClFN3O2S. The zero-order valence-corrected chi connectivity index (χ0v) is 11.4. The fourth-order valence-corrected chi connectivity index (χ4v) is 1.96. The third kappa shape index (κ3) is 5.07. The minimum Gasteiger partial charge on any atom is -0.397 e. The molecule has 0 aliphatic rings. The van der Waals surface area contributed by atoms with E-state index >= 15 is 0 Å². The van der Waals surface area contributed by atoms with Gasteiger partial charge < -0.3 is 11.1 Å². The van der Waals surface area contributed by atoms with Crippen LogP contribution < -0.4 is 15.8 Å². The van der Waals surface area contributed by atoms with Crippen molar-refractivity contribution in [3.63, 3.8) is 0 Å². The molecule has 5 nitrogen and oxygen atoms in total. The van der Waals surface area contributed by atoms with Crippen LogP contribution in [0.15, 0.2) is 12.1 Å². The Labute approximate surface area is 111 Å². The van der Waals surface area contributed by atoms with Gasteiger partial charge in [0.25, 0.3) is 0 Å². The molecule has 0 spiro atoms. The number of hydrogen-bond acceptors (Lipinski definition) is 4. The van der Waals surface area contributed by atoms with E-state index in [1.54, 1.807) is 0 Å². The number of nitrogens with one attached hydrogen (secondary N) is 2. The van der Waals surface area contributed by atoms with Crippen molar-refractivity contribution in [1.29, 1.82) is 0 Å². The van der Waals surface area contributed by atoms with Crippen LogP contribution in [0.1, 0.15) is 6.42 Å². The normalized spacial score (nSPS) is 11.5. The number of rotatable bonds is 6. The summed E-state index contributed by atoms with van der Waals surface area (Å²) in [6, 6.07) is 2.54. The number of anilines is 2. The molecule has 102 valence electrons. The fourth-order valence-electron chi connectivity index (χ4n) is 1.28. The Hall–Kier alpha value is -1.05. The van der Waals surface area contributed by atoms with Crippen LogP contribution >= 0.6 is 11.6 Å². The highest BCUT2D eigenvalue weighted by molar-refractivity contribution is 7.88. The third-order valence-electron chi connectivity index (χ3n) is 2.13. The molecule has 0 aliphatic heterocycles. The maximum atomic E-state index is 13.0. The average Bonchev–Trinajstić information content (AvgIpc) is 2.23. The molecule has 8 heteroatoms. The monoisotopic (exact) mass is 295 g/mol. The number of nitrogens with two attached hydrogens (primary N) is 1. The molecule has 0 heterocycles. The largest absolute Gasteiger partial charge is 0.397 e. The lowest BCUT2D eigenvalue weighted by Crippen LogP contribution is -2.24. The molecule has 1 aromatic carbocycles. The summed E-state index contributed by atoms with van der Waals surface area (Å²) in [6.45, 7) is 0.815. The van der Waals surface area contributed by atoms with E-state index in [1.165, 1.54) is 6.07 Å². The van der Waals surface area contributed by atoms with Gasteiger partial charge in [0.05, 0.1) is 22.7 Å². The van der Waals surface area contributed by atoms with E-state index in [1.807, 2.05) is 0 Å². The first-order valence-electron chi connectivity index (χ1n) is 5.22. The standard InChI is InChI=1S/C10H15ClFN3O2S/c1-18(16,17)15-4-2-3-14-10-5-7(11)8(12)6-9(10)13/h5-6,14-15H,2-4,13H2,1H3. The van der Waals surface area contributed by atoms with Crippen molar-refractivity contribution in [1.82, 2.24) is 4.72 Å². The summed E-state index contributed by atoms with van der Waals surface area (Å²) in [5.74, 6) is -0.571. The van der Waals surface area contributed by atoms with Gasteiger partial charge in [0.2, 0.25) is 10.0 Å². The molecule has 0 fully saturated rings. The molecule has 0 unspecified atom stereocenters. The topological polar surface area (TPSA) is 84.2 Å². The van der Waals surface area contributed by atoms with Gasteiger partial charge in [-0.05, 0) is 12.5 Å². The molecule has 1 rings (SSSR count). The molecule has 0 aliphatic carbocycles. The van der Waals surface area contributed by atoms with E-state index in [2.05, 4.69) is 10.0 Å². The molecular weight excluding hydrogens is 281 g/mol. The number of nitrogen functional groups attached to an aromatic ring is 1. The van der Waals surface area contributed by atoms with Gasteiger partial charge in [-0.1, -0.05) is 11.6 Å². The van der Waals surface area contributed by atoms with Crippen LogP contribution in [0.2, 0.25) is 5.02 Å². The number of halogens is 2. The van der Waals surface area contributed by atoms with Crippen LogP contribution in [0.4, 0.5) is 15.8 Å². The summed E-state index contributed by atoms with van der Waals surface area (Å²) in [5.41, 5.74) is 6.39. The van der Waals surface area contributed by atoms with E-state index < -0.39 is 15.8 Å². The van der Waals surface area contributed by atoms with Gasteiger partial charge in [0.1, 0.15) is 5.82 Å². The van der Waals surface area contributed by atoms with E-state index in [4.69, 9.17) is 17.3 Å². The number of sulfonamides is 1. The molecule has 0 bridgehead atoms. The molecule has 18 heavy (non-hydrogen) atoms. The van der Waals surface area contributed by atoms with Crippen LogP contribution in [-0.4, -0.2) is 27.8 Å². The lowest BCUT2D eigenvalue weighted by molar-refractivity contribution is 0.586. The van der Waals surface area contributed by atoms with Crippen molar-refractivity contribution >= 4 is 33.0 Å². The van der Waals surface area contributed by atoms with Crippen molar-refractivity contribution in [3.05, 3.63) is 23.0 Å². The van der Waals surface area contributed by atoms with E-state index in [0.717, 1.165) is 12.3 Å². The van der Waals surface area contributed by atoms with Crippen LogP contribution in [0.3, 0.4) is 0 Å². The van der Waals surface area contributed by atoms with Gasteiger partial charge in [-0.2, -0.15) is 0 Å². The van der Waals surface area contributed by atoms with Crippen molar-refractivity contribution in [2.75, 3.05) is 30.4 Å². The number of benzene rings is 1. The minimum atomic E-state index is -3.16. The summed E-state index contributed by atoms with van der Waals surface area (Å²) >= 11 is 5.62. The van der Waals surface area contributed by atoms with Gasteiger partial charge in [0, 0.05) is 19.2 Å². The maximum Gasteiger partial charge on any atom is 0.208 e. The van der Waals surface area contributed by atoms with Crippen molar-refractivity contribution in [2.45, 2.75) is 6.42 Å². The second-order valence-electron chi connectivity index (χ2n) is 3.80. The summed E-state index contributed by atoms with van der Waals surface area (Å²) in [7, 11) is -3.16. The smallest absolute Gasteiger partial charge is 0.208 e. The van der Waals surface area contributed by atoms with Crippen LogP contribution in [0.25, 0.3) is 0 Å². The van der Waals surface area contributed by atoms with Crippen molar-refractivity contribution in [3.8, 4) is 0 Å². The zero-order chi connectivity index (χ0) is 13.8. The Balaban J connectivity index is 2.43. The molecule has 1 aromatic rings. The molecule has 0 saturated carbocycles. The second kappa shape index (κ2) is 6.21. The minimum absolute atomic E-state index is 0.0130. The first kappa shape index (κ1) is 15.0. The Morgan fingerprint density at radius 2 is 2.06 bits per heavy atom. The first-order valence-corrected chi connectivity index (χ1v) is 7.49. The van der Waals surface area contributed by atoms with Crippen LogP contribution in [0.5, 0.6) is 0 Å². The first-order chi connectivity index (χ1) is 8.29. The van der Waals surface area contributed by atoms with Gasteiger partial charge in [-0.3, -0.25) is 0 Å². The summed E-state index contributed by atoms with van der Waals surface area (Å²) < 4.78 is 37.0. The number of hydrogen-bond donors (Lipinski definition) is 3. The third-order valence-corrected chi connectivity index (χ3v) is 3.14. The lowest BCUT2D eigenvalue weighted by Gasteiger charge is -2.10. The van der Waals surface area contributed by atoms with Crippen LogP contribution in [-0.2, 0) is 10.0 Å². The molecule has 0 aromatic heterocycles. The van der Waals surface area contributed by atoms with E-state index in [-0.39, 0.29) is 10.7 Å². The second-order valence-corrected chi connectivity index (χ2v) is 6.04. The van der Waals surface area contributed by atoms with Gasteiger partial charge in [-0.25, -0.2) is 17.5 Å².